The molecule has 0 bridgehead atoms. The number of esters is 1. The molecule has 0 radical (unpaired) electrons. The molecule has 2 heterocycles. The van der Waals surface area contributed by atoms with Gasteiger partial charge in [-0.25, -0.2) is 14.2 Å². The number of carbonyl (C=O) groups excluding carboxylic acids is 1. The third-order valence-corrected chi connectivity index (χ3v) is 9.82. The van der Waals surface area contributed by atoms with Crippen LogP contribution in [0.15, 0.2) is 131 Å². The van der Waals surface area contributed by atoms with Crippen molar-refractivity contribution in [3.8, 4) is 5.75 Å². The highest BCUT2D eigenvalue weighted by Crippen LogP contribution is 2.36. The number of hydrogen-bond donors (Lipinski definition) is 0. The zero-order valence-corrected chi connectivity index (χ0v) is 28.7. The first-order valence-electron chi connectivity index (χ1n) is 16.6. The van der Waals surface area contributed by atoms with Crippen LogP contribution in [0.1, 0.15) is 60.5 Å². The molecule has 6 aromatic rings. The van der Waals surface area contributed by atoms with E-state index in [4.69, 9.17) is 14.5 Å². The van der Waals surface area contributed by atoms with Gasteiger partial charge in [-0.05, 0) is 52.9 Å². The highest BCUT2D eigenvalue weighted by Gasteiger charge is 2.35. The van der Waals surface area contributed by atoms with Crippen molar-refractivity contribution in [3.05, 3.63) is 174 Å². The van der Waals surface area contributed by atoms with Crippen LogP contribution in [-0.2, 0) is 16.1 Å². The number of halogens is 1. The van der Waals surface area contributed by atoms with Crippen molar-refractivity contribution < 1.29 is 18.7 Å². The number of carbonyl (C=O) groups is 1. The Balaban J connectivity index is 1.46. The first kappa shape index (κ1) is 32.9. The van der Waals surface area contributed by atoms with Gasteiger partial charge in [0.2, 0.25) is 0 Å². The maximum absolute atomic E-state index is 14.6. The molecule has 1 aliphatic rings. The lowest BCUT2D eigenvalue weighted by Crippen LogP contribution is -2.40. The van der Waals surface area contributed by atoms with Crippen LogP contribution in [0.5, 0.6) is 5.75 Å². The fraction of sp³-hybridized carbons (Fsp3) is 0.167. The van der Waals surface area contributed by atoms with Gasteiger partial charge < -0.3 is 9.47 Å². The van der Waals surface area contributed by atoms with Gasteiger partial charge in [0, 0.05) is 16.7 Å². The van der Waals surface area contributed by atoms with Gasteiger partial charge in [-0.3, -0.25) is 9.36 Å². The summed E-state index contributed by atoms with van der Waals surface area (Å²) < 4.78 is 28.4. The summed E-state index contributed by atoms with van der Waals surface area (Å²) in [7, 11) is 0. The number of hydrogen-bond acceptors (Lipinski definition) is 6. The number of ether oxygens (including phenoxy) is 2. The molecule has 8 heteroatoms. The molecule has 0 fully saturated rings. The minimum absolute atomic E-state index is 0.0167. The predicted octanol–water partition coefficient (Wildman–Crippen LogP) is 7.93. The van der Waals surface area contributed by atoms with Crippen LogP contribution in [0, 0.1) is 5.82 Å². The van der Waals surface area contributed by atoms with E-state index in [0.717, 1.165) is 27.5 Å². The zero-order chi connectivity index (χ0) is 34.8. The average molecular weight is 683 g/mol. The third-order valence-electron chi connectivity index (χ3n) is 8.84. The van der Waals surface area contributed by atoms with Crippen LogP contribution in [-0.4, -0.2) is 17.1 Å². The number of benzene rings is 5. The number of aromatic nitrogens is 1. The largest absolute Gasteiger partial charge is 0.488 e. The van der Waals surface area contributed by atoms with E-state index in [9.17, 15) is 14.0 Å². The lowest BCUT2D eigenvalue weighted by Gasteiger charge is -2.26. The highest BCUT2D eigenvalue weighted by atomic mass is 32.1. The van der Waals surface area contributed by atoms with Crippen LogP contribution in [0.25, 0.3) is 22.5 Å². The second kappa shape index (κ2) is 14.1. The fourth-order valence-corrected chi connectivity index (χ4v) is 7.25. The van der Waals surface area contributed by atoms with Crippen molar-refractivity contribution in [1.29, 1.82) is 0 Å². The van der Waals surface area contributed by atoms with Gasteiger partial charge in [-0.2, -0.15) is 0 Å². The summed E-state index contributed by atoms with van der Waals surface area (Å²) in [5, 5.41) is 1.84. The molecule has 0 spiro atoms. The minimum atomic E-state index is -0.784. The highest BCUT2D eigenvalue weighted by molar-refractivity contribution is 7.07. The molecule has 6 nitrogen and oxygen atoms in total. The topological polar surface area (TPSA) is 69.9 Å². The van der Waals surface area contributed by atoms with Crippen molar-refractivity contribution in [2.75, 3.05) is 6.61 Å². The minimum Gasteiger partial charge on any atom is -0.488 e. The van der Waals surface area contributed by atoms with Crippen molar-refractivity contribution in [1.82, 2.24) is 4.57 Å². The predicted molar refractivity (Wildman–Crippen MR) is 196 cm³/mol. The van der Waals surface area contributed by atoms with Crippen LogP contribution >= 0.6 is 11.3 Å². The van der Waals surface area contributed by atoms with E-state index in [1.807, 2.05) is 97.1 Å². The summed E-state index contributed by atoms with van der Waals surface area (Å²) in [4.78, 5) is 33.9. The van der Waals surface area contributed by atoms with E-state index in [0.29, 0.717) is 43.4 Å². The van der Waals surface area contributed by atoms with Gasteiger partial charge in [-0.1, -0.05) is 128 Å². The molecule has 0 unspecified atom stereocenters. The zero-order valence-electron chi connectivity index (χ0n) is 27.9. The maximum Gasteiger partial charge on any atom is 0.338 e. The van der Waals surface area contributed by atoms with E-state index < -0.39 is 12.0 Å². The standard InChI is InChI=1S/C42H35FN2O4S/c1-4-48-41(47)37-38(29-13-6-5-7-14-29)44-42-45(39(37)30-20-18-27(19-21-30)26(2)3)40(46)36(50-42)24-33-32-16-10-8-12-28(32)22-23-35(33)49-25-31-15-9-11-17-34(31)43/h5-24,26,39H,4,25H2,1-3H3/b36-24-/t39-/m1/s1. The van der Waals surface area contributed by atoms with Crippen molar-refractivity contribution in [2.45, 2.75) is 39.3 Å². The lowest BCUT2D eigenvalue weighted by atomic mass is 9.91. The van der Waals surface area contributed by atoms with Crippen LogP contribution < -0.4 is 19.6 Å². The molecule has 5 aromatic carbocycles. The molecule has 1 atom stereocenters. The van der Waals surface area contributed by atoms with Crippen LogP contribution in [0.4, 0.5) is 4.39 Å². The monoisotopic (exact) mass is 682 g/mol. The fourth-order valence-electron chi connectivity index (χ4n) is 6.27. The SMILES string of the molecule is CCOC(=O)C1=C(c2ccccc2)N=c2s/c(=C\c3c(OCc4ccccc4F)ccc4ccccc34)c(=O)n2[C@@H]1c1ccc(C(C)C)cc1. The van der Waals surface area contributed by atoms with Crippen molar-refractivity contribution in [3.63, 3.8) is 0 Å². The van der Waals surface area contributed by atoms with Crippen molar-refractivity contribution >= 4 is 39.9 Å². The molecule has 0 aliphatic carbocycles. The summed E-state index contributed by atoms with van der Waals surface area (Å²) in [6.45, 7) is 6.19. The van der Waals surface area contributed by atoms with Crippen LogP contribution in [0.2, 0.25) is 0 Å². The Bertz CT molecular complexity index is 2430. The average Bonchev–Trinajstić information content (AvgIpc) is 3.45. The first-order valence-corrected chi connectivity index (χ1v) is 17.4. The molecule has 0 N–H and O–H groups in total. The molecular weight excluding hydrogens is 648 g/mol. The quantitative estimate of drug-likeness (QED) is 0.145. The van der Waals surface area contributed by atoms with E-state index >= 15 is 0 Å². The summed E-state index contributed by atoms with van der Waals surface area (Å²) in [5.74, 6) is -0.0614. The number of nitrogens with zero attached hydrogens (tertiary/aromatic N) is 2. The Morgan fingerprint density at radius 3 is 2.38 bits per heavy atom. The molecule has 0 amide bonds. The van der Waals surface area contributed by atoms with Gasteiger partial charge >= 0.3 is 5.97 Å². The summed E-state index contributed by atoms with van der Waals surface area (Å²) in [5.41, 5.74) is 4.24. The summed E-state index contributed by atoms with van der Waals surface area (Å²) in [6, 6.07) is 34.9. The normalized spacial score (nSPS) is 14.5. The van der Waals surface area contributed by atoms with Crippen molar-refractivity contribution in [2.24, 2.45) is 4.99 Å². The molecule has 1 aromatic heterocycles. The second-order valence-corrected chi connectivity index (χ2v) is 13.3. The Morgan fingerprint density at radius 2 is 1.64 bits per heavy atom. The maximum atomic E-state index is 14.6. The molecule has 0 saturated carbocycles. The Morgan fingerprint density at radius 1 is 0.920 bits per heavy atom. The molecule has 1 aliphatic heterocycles. The molecule has 7 rings (SSSR count). The number of rotatable bonds is 9. The molecule has 250 valence electrons. The summed E-state index contributed by atoms with van der Waals surface area (Å²) >= 11 is 1.25. The first-order chi connectivity index (χ1) is 24.3. The lowest BCUT2D eigenvalue weighted by molar-refractivity contribution is -0.138. The third kappa shape index (κ3) is 6.30. The molecular formula is C42H35FN2O4S. The summed E-state index contributed by atoms with van der Waals surface area (Å²) in [6.07, 6.45) is 1.82. The molecule has 0 saturated heterocycles. The Hall–Kier alpha value is -5.60. The number of fused-ring (bicyclic) bond motifs is 2. The van der Waals surface area contributed by atoms with Gasteiger partial charge in [0.15, 0.2) is 4.80 Å². The molecule has 50 heavy (non-hydrogen) atoms. The van der Waals surface area contributed by atoms with E-state index in [1.54, 1.807) is 29.7 Å². The van der Waals surface area contributed by atoms with E-state index in [-0.39, 0.29) is 24.6 Å². The van der Waals surface area contributed by atoms with Gasteiger partial charge in [-0.15, -0.1) is 0 Å². The Labute approximate surface area is 293 Å². The smallest absolute Gasteiger partial charge is 0.338 e. The van der Waals surface area contributed by atoms with Gasteiger partial charge in [0.25, 0.3) is 5.56 Å². The van der Waals surface area contributed by atoms with Crippen LogP contribution in [0.3, 0.4) is 0 Å². The Kier molecular flexibility index (Phi) is 9.28. The van der Waals surface area contributed by atoms with E-state index in [2.05, 4.69) is 13.8 Å². The van der Waals surface area contributed by atoms with Gasteiger partial charge in [0.05, 0.1) is 28.5 Å². The number of thiazole rings is 1. The van der Waals surface area contributed by atoms with Gasteiger partial charge in [0.1, 0.15) is 18.2 Å². The van der Waals surface area contributed by atoms with E-state index in [1.165, 1.54) is 17.4 Å². The second-order valence-electron chi connectivity index (χ2n) is 12.3.